The van der Waals surface area contributed by atoms with E-state index in [0.29, 0.717) is 28.5 Å². The molecule has 0 spiro atoms. The zero-order valence-corrected chi connectivity index (χ0v) is 23.2. The summed E-state index contributed by atoms with van der Waals surface area (Å²) in [6, 6.07) is 5.96. The molecule has 2 N–H and O–H groups in total. The van der Waals surface area contributed by atoms with Crippen LogP contribution in [0.4, 0.5) is 5.69 Å². The summed E-state index contributed by atoms with van der Waals surface area (Å²) in [6.45, 7) is 2.96. The number of benzene rings is 1. The van der Waals surface area contributed by atoms with Crippen LogP contribution in [0.1, 0.15) is 37.0 Å². The molecule has 1 aromatic rings. The van der Waals surface area contributed by atoms with Crippen molar-refractivity contribution < 1.29 is 28.7 Å². The van der Waals surface area contributed by atoms with Crippen molar-refractivity contribution in [3.63, 3.8) is 0 Å². The average molecular weight is 591 g/mol. The molecule has 0 aromatic heterocycles. The monoisotopic (exact) mass is 589 g/mol. The van der Waals surface area contributed by atoms with E-state index < -0.39 is 45.6 Å². The van der Waals surface area contributed by atoms with Crippen molar-refractivity contribution in [2.75, 3.05) is 24.2 Å². The molecule has 13 heteroatoms. The predicted molar refractivity (Wildman–Crippen MR) is 142 cm³/mol. The summed E-state index contributed by atoms with van der Waals surface area (Å²) in [5, 5.41) is 5.18. The lowest BCUT2D eigenvalue weighted by atomic mass is 10.0. The van der Waals surface area contributed by atoms with E-state index in [9.17, 15) is 19.2 Å². The highest BCUT2D eigenvalue weighted by atomic mass is 35.6. The molecule has 1 aromatic carbocycles. The number of halogens is 3. The SMILES string of the molecule is CC1=C(C(=O)OCC(Cl)(Cl)Cl)N2C(=O)C(NC(=O)CNc3ccccc3C(=O)OC(C)C3CC3)[C@H]2SC1. The number of nitrogens with one attached hydrogen (secondary N) is 2. The van der Waals surface area contributed by atoms with Crippen molar-refractivity contribution in [1.29, 1.82) is 0 Å². The zero-order chi connectivity index (χ0) is 26.9. The van der Waals surface area contributed by atoms with E-state index in [1.54, 1.807) is 31.2 Å². The minimum atomic E-state index is -1.78. The van der Waals surface area contributed by atoms with Crippen LogP contribution >= 0.6 is 46.6 Å². The Bertz CT molecular complexity index is 1140. The van der Waals surface area contributed by atoms with E-state index in [-0.39, 0.29) is 18.3 Å². The third kappa shape index (κ3) is 6.66. The maximum atomic E-state index is 12.9. The first-order chi connectivity index (χ1) is 17.5. The van der Waals surface area contributed by atoms with Crippen LogP contribution in [0.15, 0.2) is 35.5 Å². The van der Waals surface area contributed by atoms with Crippen molar-refractivity contribution in [3.8, 4) is 0 Å². The number of alkyl halides is 3. The van der Waals surface area contributed by atoms with Crippen LogP contribution in [0.25, 0.3) is 0 Å². The average Bonchev–Trinajstić information content (AvgIpc) is 3.70. The molecule has 37 heavy (non-hydrogen) atoms. The number of thioether (sulfide) groups is 1. The van der Waals surface area contributed by atoms with Crippen molar-refractivity contribution in [2.45, 2.75) is 48.0 Å². The highest BCUT2D eigenvalue weighted by molar-refractivity contribution is 8.00. The molecule has 2 amide bonds. The number of β-lactam (4-membered cyclic amide) rings is 1. The quantitative estimate of drug-likeness (QED) is 0.255. The van der Waals surface area contributed by atoms with Crippen molar-refractivity contribution in [2.24, 2.45) is 5.92 Å². The fraction of sp³-hybridized carbons (Fsp3) is 0.500. The second kappa shape index (κ2) is 11.3. The Morgan fingerprint density at radius 2 is 1.89 bits per heavy atom. The molecule has 2 heterocycles. The van der Waals surface area contributed by atoms with E-state index in [0.717, 1.165) is 12.8 Å². The van der Waals surface area contributed by atoms with Gasteiger partial charge in [0.15, 0.2) is 0 Å². The first kappa shape index (κ1) is 27.9. The summed E-state index contributed by atoms with van der Waals surface area (Å²) in [7, 11) is 0. The molecule has 1 aliphatic carbocycles. The number of esters is 2. The fourth-order valence-corrected chi connectivity index (χ4v) is 5.54. The van der Waals surface area contributed by atoms with E-state index in [1.165, 1.54) is 16.7 Å². The molecule has 2 unspecified atom stereocenters. The molecular formula is C24H26Cl3N3O6S. The van der Waals surface area contributed by atoms with E-state index in [4.69, 9.17) is 44.3 Å². The number of hydrogen-bond donors (Lipinski definition) is 2. The van der Waals surface area contributed by atoms with Crippen LogP contribution in [0, 0.1) is 5.92 Å². The molecule has 2 aliphatic heterocycles. The van der Waals surface area contributed by atoms with Gasteiger partial charge in [0.1, 0.15) is 29.8 Å². The first-order valence-corrected chi connectivity index (χ1v) is 13.9. The summed E-state index contributed by atoms with van der Waals surface area (Å²) in [4.78, 5) is 52.0. The number of nitrogens with zero attached hydrogens (tertiary/aromatic N) is 1. The number of anilines is 1. The van der Waals surface area contributed by atoms with Gasteiger partial charge in [0, 0.05) is 11.4 Å². The standard InChI is InChI=1S/C24H26Cl3N3O6S/c1-12-10-37-21-18(20(32)30(21)19(12)23(34)35-11-24(25,26)27)29-17(31)9-28-16-6-4-3-5-15(16)22(33)36-13(2)14-7-8-14/h3-6,13-14,18,21,28H,7-11H2,1-2H3,(H,29,31)/t13?,18?,21-/m1/s1. The molecular weight excluding hydrogens is 565 g/mol. The number of ether oxygens (including phenoxy) is 2. The van der Waals surface area contributed by atoms with Gasteiger partial charge in [0.25, 0.3) is 5.91 Å². The normalized spacial score (nSPS) is 22.0. The van der Waals surface area contributed by atoms with Gasteiger partial charge >= 0.3 is 11.9 Å². The Hall–Kier alpha value is -2.14. The van der Waals surface area contributed by atoms with Crippen LogP contribution in [0.3, 0.4) is 0 Å². The molecule has 9 nitrogen and oxygen atoms in total. The van der Waals surface area contributed by atoms with Gasteiger partial charge in [0.05, 0.1) is 12.1 Å². The molecule has 2 fully saturated rings. The van der Waals surface area contributed by atoms with Crippen LogP contribution in [-0.2, 0) is 23.9 Å². The summed E-state index contributed by atoms with van der Waals surface area (Å²) in [5.74, 6) is -1.24. The lowest BCUT2D eigenvalue weighted by molar-refractivity contribution is -0.152. The summed E-state index contributed by atoms with van der Waals surface area (Å²) in [6.07, 6.45) is 1.95. The topological polar surface area (TPSA) is 114 Å². The summed E-state index contributed by atoms with van der Waals surface area (Å²) >= 11 is 18.4. The lowest BCUT2D eigenvalue weighted by Crippen LogP contribution is -2.70. The van der Waals surface area contributed by atoms with Gasteiger partial charge in [-0.1, -0.05) is 46.9 Å². The molecule has 1 saturated carbocycles. The summed E-state index contributed by atoms with van der Waals surface area (Å²) in [5.41, 5.74) is 1.53. The highest BCUT2D eigenvalue weighted by Crippen LogP contribution is 2.41. The maximum absolute atomic E-state index is 12.9. The molecule has 3 aliphatic rings. The van der Waals surface area contributed by atoms with Crippen LogP contribution in [0.5, 0.6) is 0 Å². The number of para-hydroxylation sites is 1. The Balaban J connectivity index is 1.33. The number of carbonyl (C=O) groups is 4. The number of hydrogen-bond acceptors (Lipinski definition) is 8. The van der Waals surface area contributed by atoms with E-state index in [2.05, 4.69) is 10.6 Å². The Labute approximate surface area is 233 Å². The molecule has 0 radical (unpaired) electrons. The third-order valence-corrected chi connectivity index (χ3v) is 7.95. The van der Waals surface area contributed by atoms with Gasteiger partial charge < -0.3 is 20.1 Å². The van der Waals surface area contributed by atoms with E-state index >= 15 is 0 Å². The number of carbonyl (C=O) groups excluding carboxylic acids is 4. The molecule has 1 saturated heterocycles. The van der Waals surface area contributed by atoms with Gasteiger partial charge in [-0.15, -0.1) is 11.8 Å². The minimum absolute atomic E-state index is 0.0967. The smallest absolute Gasteiger partial charge is 0.355 e. The Kier molecular flexibility index (Phi) is 8.52. The van der Waals surface area contributed by atoms with Gasteiger partial charge in [-0.05, 0) is 50.3 Å². The van der Waals surface area contributed by atoms with Crippen LogP contribution in [-0.4, -0.2) is 68.9 Å². The minimum Gasteiger partial charge on any atom is -0.459 e. The molecule has 4 rings (SSSR count). The third-order valence-electron chi connectivity index (χ3n) is 6.20. The second-order valence-corrected chi connectivity index (χ2v) is 12.7. The van der Waals surface area contributed by atoms with Crippen LogP contribution in [0.2, 0.25) is 0 Å². The lowest BCUT2D eigenvalue weighted by Gasteiger charge is -2.49. The molecule has 3 atom stereocenters. The number of amides is 2. The molecule has 0 bridgehead atoms. The highest BCUT2D eigenvalue weighted by Gasteiger charge is 2.54. The first-order valence-electron chi connectivity index (χ1n) is 11.7. The van der Waals surface area contributed by atoms with Crippen molar-refractivity contribution in [1.82, 2.24) is 10.2 Å². The van der Waals surface area contributed by atoms with Crippen molar-refractivity contribution in [3.05, 3.63) is 41.1 Å². The Morgan fingerprint density at radius 1 is 1.19 bits per heavy atom. The van der Waals surface area contributed by atoms with Crippen LogP contribution < -0.4 is 10.6 Å². The number of fused-ring (bicyclic) bond motifs is 1. The predicted octanol–water partition coefficient (Wildman–Crippen LogP) is 3.64. The second-order valence-electron chi connectivity index (χ2n) is 9.12. The largest absolute Gasteiger partial charge is 0.459 e. The van der Waals surface area contributed by atoms with E-state index in [1.807, 2.05) is 6.92 Å². The summed E-state index contributed by atoms with van der Waals surface area (Å²) < 4.78 is 8.83. The van der Waals surface area contributed by atoms with Crippen molar-refractivity contribution >= 4 is 76.0 Å². The Morgan fingerprint density at radius 3 is 2.57 bits per heavy atom. The van der Waals surface area contributed by atoms with Gasteiger partial charge in [-0.25, -0.2) is 9.59 Å². The zero-order valence-electron chi connectivity index (χ0n) is 20.1. The van der Waals surface area contributed by atoms with Gasteiger partial charge in [-0.3, -0.25) is 14.5 Å². The maximum Gasteiger partial charge on any atom is 0.355 e. The molecule has 200 valence electrons. The fourth-order valence-electron chi connectivity index (χ4n) is 4.09. The van der Waals surface area contributed by atoms with Gasteiger partial charge in [-0.2, -0.15) is 0 Å². The number of rotatable bonds is 9. The van der Waals surface area contributed by atoms with Gasteiger partial charge in [0.2, 0.25) is 9.70 Å².